The standard InChI is InChI=1S/C27H24N2O4S/c1-19-6-4-8-21(16-19)32-14-12-31-13-15-33-22-9-5-7-20(17-22)18-25-26(30)29-24-11-3-2-10-23(24)28-27(29)34-25/h2-11,16-18H,12-15H2,1H3/b25-18+. The van der Waals surface area contributed by atoms with Crippen molar-refractivity contribution < 1.29 is 14.2 Å². The third-order valence-corrected chi connectivity index (χ3v) is 6.25. The van der Waals surface area contributed by atoms with E-state index < -0.39 is 0 Å². The number of fused-ring (bicyclic) bond motifs is 3. The van der Waals surface area contributed by atoms with Crippen LogP contribution < -0.4 is 19.6 Å². The fraction of sp³-hybridized carbons (Fsp3) is 0.185. The van der Waals surface area contributed by atoms with E-state index in [0.29, 0.717) is 35.9 Å². The van der Waals surface area contributed by atoms with Crippen LogP contribution in [0.4, 0.5) is 0 Å². The molecule has 0 aliphatic rings. The summed E-state index contributed by atoms with van der Waals surface area (Å²) in [5.74, 6) is 1.58. The van der Waals surface area contributed by atoms with Crippen LogP contribution >= 0.6 is 11.3 Å². The molecular weight excluding hydrogens is 448 g/mol. The van der Waals surface area contributed by atoms with Gasteiger partial charge in [-0.2, -0.15) is 0 Å². The first-order valence-electron chi connectivity index (χ1n) is 11.1. The van der Waals surface area contributed by atoms with Crippen molar-refractivity contribution in [2.24, 2.45) is 0 Å². The largest absolute Gasteiger partial charge is 0.491 e. The summed E-state index contributed by atoms with van der Waals surface area (Å²) < 4.78 is 19.4. The topological polar surface area (TPSA) is 62.1 Å². The molecule has 0 unspecified atom stereocenters. The number of thiazole rings is 1. The maximum absolute atomic E-state index is 12.9. The van der Waals surface area contributed by atoms with E-state index in [2.05, 4.69) is 4.98 Å². The van der Waals surface area contributed by atoms with Gasteiger partial charge in [0.15, 0.2) is 4.96 Å². The highest BCUT2D eigenvalue weighted by Gasteiger charge is 2.10. The molecule has 5 aromatic rings. The van der Waals surface area contributed by atoms with E-state index in [0.717, 1.165) is 28.1 Å². The SMILES string of the molecule is Cc1cccc(OCCOCCOc2cccc(/C=c3/sc4nc5ccccc5n4c3=O)c2)c1. The van der Waals surface area contributed by atoms with Gasteiger partial charge in [-0.05, 0) is 60.5 Å². The Hall–Kier alpha value is -3.68. The van der Waals surface area contributed by atoms with E-state index in [1.54, 1.807) is 4.40 Å². The second kappa shape index (κ2) is 10.1. The molecule has 0 radical (unpaired) electrons. The number of aromatic nitrogens is 2. The fourth-order valence-electron chi connectivity index (χ4n) is 3.70. The number of nitrogens with zero attached hydrogens (tertiary/aromatic N) is 2. The predicted molar refractivity (Wildman–Crippen MR) is 135 cm³/mol. The summed E-state index contributed by atoms with van der Waals surface area (Å²) in [7, 11) is 0. The minimum Gasteiger partial charge on any atom is -0.491 e. The van der Waals surface area contributed by atoms with Crippen molar-refractivity contribution >= 4 is 33.4 Å². The summed E-state index contributed by atoms with van der Waals surface area (Å²) in [6.07, 6.45) is 1.88. The quantitative estimate of drug-likeness (QED) is 0.300. The highest BCUT2D eigenvalue weighted by Crippen LogP contribution is 2.17. The van der Waals surface area contributed by atoms with Gasteiger partial charge in [0.05, 0.1) is 28.8 Å². The molecule has 0 N–H and O–H groups in total. The first kappa shape index (κ1) is 22.1. The van der Waals surface area contributed by atoms with Crippen molar-refractivity contribution in [3.05, 3.63) is 98.8 Å². The Balaban J connectivity index is 1.16. The first-order chi connectivity index (χ1) is 16.7. The summed E-state index contributed by atoms with van der Waals surface area (Å²) in [4.78, 5) is 18.2. The zero-order chi connectivity index (χ0) is 23.3. The van der Waals surface area contributed by atoms with Crippen molar-refractivity contribution in [1.29, 1.82) is 0 Å². The van der Waals surface area contributed by atoms with Crippen LogP contribution in [0.5, 0.6) is 11.5 Å². The second-order valence-corrected chi connectivity index (χ2v) is 8.84. The van der Waals surface area contributed by atoms with Gasteiger partial charge in [0.1, 0.15) is 24.7 Å². The van der Waals surface area contributed by atoms with Gasteiger partial charge in [-0.15, -0.1) is 0 Å². The molecule has 0 spiro atoms. The maximum Gasteiger partial charge on any atom is 0.274 e. The van der Waals surface area contributed by atoms with Crippen LogP contribution in [0.3, 0.4) is 0 Å². The van der Waals surface area contributed by atoms with Gasteiger partial charge in [-0.3, -0.25) is 4.79 Å². The lowest BCUT2D eigenvalue weighted by Crippen LogP contribution is -2.22. The Morgan fingerprint density at radius 2 is 1.62 bits per heavy atom. The highest BCUT2D eigenvalue weighted by atomic mass is 32.1. The van der Waals surface area contributed by atoms with E-state index in [9.17, 15) is 4.79 Å². The Morgan fingerprint density at radius 3 is 2.41 bits per heavy atom. The van der Waals surface area contributed by atoms with Gasteiger partial charge in [-0.25, -0.2) is 9.38 Å². The summed E-state index contributed by atoms with van der Waals surface area (Å²) in [6, 6.07) is 23.3. The summed E-state index contributed by atoms with van der Waals surface area (Å²) in [5.41, 5.74) is 3.67. The van der Waals surface area contributed by atoms with Gasteiger partial charge in [0, 0.05) is 0 Å². The van der Waals surface area contributed by atoms with Gasteiger partial charge in [0.2, 0.25) is 0 Å². The molecule has 0 fully saturated rings. The fourth-order valence-corrected chi connectivity index (χ4v) is 4.69. The molecule has 5 rings (SSSR count). The molecule has 0 bridgehead atoms. The smallest absolute Gasteiger partial charge is 0.274 e. The van der Waals surface area contributed by atoms with E-state index >= 15 is 0 Å². The molecule has 0 amide bonds. The molecule has 2 aromatic heterocycles. The van der Waals surface area contributed by atoms with Gasteiger partial charge in [-0.1, -0.05) is 47.7 Å². The van der Waals surface area contributed by atoms with E-state index in [-0.39, 0.29) is 5.56 Å². The number of hydrogen-bond donors (Lipinski definition) is 0. The Labute approximate surface area is 200 Å². The van der Waals surface area contributed by atoms with Crippen LogP contribution in [0, 0.1) is 6.92 Å². The molecule has 172 valence electrons. The lowest BCUT2D eigenvalue weighted by Gasteiger charge is -2.09. The lowest BCUT2D eigenvalue weighted by atomic mass is 10.2. The summed E-state index contributed by atoms with van der Waals surface area (Å²) in [5, 5.41) is 0. The molecule has 7 heteroatoms. The molecule has 6 nitrogen and oxygen atoms in total. The Bertz CT molecular complexity index is 1540. The van der Waals surface area contributed by atoms with Crippen LogP contribution in [0.25, 0.3) is 22.1 Å². The highest BCUT2D eigenvalue weighted by molar-refractivity contribution is 7.15. The molecule has 34 heavy (non-hydrogen) atoms. The molecule has 3 aromatic carbocycles. The van der Waals surface area contributed by atoms with E-state index in [4.69, 9.17) is 14.2 Å². The third-order valence-electron chi connectivity index (χ3n) is 5.28. The Morgan fingerprint density at radius 1 is 0.882 bits per heavy atom. The molecule has 0 saturated carbocycles. The molecule has 2 heterocycles. The normalized spacial score (nSPS) is 12.0. The molecule has 0 saturated heterocycles. The van der Waals surface area contributed by atoms with Gasteiger partial charge >= 0.3 is 0 Å². The second-order valence-electron chi connectivity index (χ2n) is 7.83. The van der Waals surface area contributed by atoms with Gasteiger partial charge in [0.25, 0.3) is 5.56 Å². The summed E-state index contributed by atoms with van der Waals surface area (Å²) in [6.45, 7) is 3.91. The maximum atomic E-state index is 12.9. The first-order valence-corrected chi connectivity index (χ1v) is 11.9. The third kappa shape index (κ3) is 4.95. The zero-order valence-corrected chi connectivity index (χ0v) is 19.6. The summed E-state index contributed by atoms with van der Waals surface area (Å²) >= 11 is 1.39. The average molecular weight is 473 g/mol. The van der Waals surface area contributed by atoms with E-state index in [1.807, 2.05) is 85.8 Å². The van der Waals surface area contributed by atoms with Crippen LogP contribution in [0.15, 0.2) is 77.6 Å². The number of ether oxygens (including phenoxy) is 3. The number of benzene rings is 3. The molecule has 0 aliphatic carbocycles. The Kier molecular flexibility index (Phi) is 6.56. The van der Waals surface area contributed by atoms with Crippen LogP contribution in [0.1, 0.15) is 11.1 Å². The minimum absolute atomic E-state index is 0.0543. The van der Waals surface area contributed by atoms with Crippen molar-refractivity contribution in [1.82, 2.24) is 9.38 Å². The zero-order valence-electron chi connectivity index (χ0n) is 18.8. The molecule has 0 atom stereocenters. The number of para-hydroxylation sites is 2. The number of hydrogen-bond acceptors (Lipinski definition) is 6. The predicted octanol–water partition coefficient (Wildman–Crippen LogP) is 4.24. The van der Waals surface area contributed by atoms with Gasteiger partial charge < -0.3 is 14.2 Å². The number of aryl methyl sites for hydroxylation is 1. The molecular formula is C27H24N2O4S. The van der Waals surface area contributed by atoms with Crippen LogP contribution in [-0.4, -0.2) is 35.8 Å². The van der Waals surface area contributed by atoms with E-state index in [1.165, 1.54) is 16.9 Å². The monoisotopic (exact) mass is 472 g/mol. The number of imidazole rings is 1. The van der Waals surface area contributed by atoms with Crippen molar-refractivity contribution in [3.8, 4) is 11.5 Å². The van der Waals surface area contributed by atoms with Crippen molar-refractivity contribution in [2.45, 2.75) is 6.92 Å². The van der Waals surface area contributed by atoms with Crippen molar-refractivity contribution in [2.75, 3.05) is 26.4 Å². The average Bonchev–Trinajstić information content (AvgIpc) is 3.35. The molecule has 0 aliphatic heterocycles. The number of rotatable bonds is 9. The lowest BCUT2D eigenvalue weighted by molar-refractivity contribution is 0.0764. The van der Waals surface area contributed by atoms with Crippen molar-refractivity contribution in [3.63, 3.8) is 0 Å². The minimum atomic E-state index is -0.0543. The van der Waals surface area contributed by atoms with Crippen LogP contribution in [-0.2, 0) is 4.74 Å². The van der Waals surface area contributed by atoms with Crippen LogP contribution in [0.2, 0.25) is 0 Å².